The van der Waals surface area contributed by atoms with Crippen molar-refractivity contribution >= 4 is 11.6 Å². The summed E-state index contributed by atoms with van der Waals surface area (Å²) in [4.78, 5) is 14.2. The Morgan fingerprint density at radius 1 is 1.19 bits per heavy atom. The topological polar surface area (TPSA) is 32.3 Å². The number of benzene rings is 1. The van der Waals surface area contributed by atoms with E-state index in [4.69, 9.17) is 0 Å². The number of rotatable bonds is 3. The molecule has 0 aliphatic carbocycles. The molecule has 21 heavy (non-hydrogen) atoms. The van der Waals surface area contributed by atoms with Crippen molar-refractivity contribution in [1.82, 2.24) is 4.90 Å². The smallest absolute Gasteiger partial charge is 0.324 e. The van der Waals surface area contributed by atoms with Crippen LogP contribution in [0.3, 0.4) is 0 Å². The number of hydrogen-bond donors (Lipinski definition) is 1. The van der Waals surface area contributed by atoms with Crippen molar-refractivity contribution < 1.29 is 18.0 Å². The van der Waals surface area contributed by atoms with Crippen molar-refractivity contribution in [2.45, 2.75) is 38.4 Å². The highest BCUT2D eigenvalue weighted by atomic mass is 19.4. The molecule has 6 heteroatoms. The van der Waals surface area contributed by atoms with E-state index in [1.54, 1.807) is 6.92 Å². The van der Waals surface area contributed by atoms with E-state index >= 15 is 0 Å². The van der Waals surface area contributed by atoms with Crippen molar-refractivity contribution in [1.29, 1.82) is 0 Å². The average Bonchev–Trinajstić information content (AvgIpc) is 2.47. The number of hydrogen-bond acceptors (Lipinski definition) is 2. The SMILES string of the molecule is CC(C(=O)Nc1ccccc1C(F)(F)F)N1CCCCC1. The minimum Gasteiger partial charge on any atom is -0.324 e. The van der Waals surface area contributed by atoms with Gasteiger partial charge in [-0.3, -0.25) is 9.69 Å². The number of likely N-dealkylation sites (tertiary alicyclic amines) is 1. The third kappa shape index (κ3) is 3.97. The summed E-state index contributed by atoms with van der Waals surface area (Å²) >= 11 is 0. The minimum atomic E-state index is -4.47. The van der Waals surface area contributed by atoms with Crippen molar-refractivity contribution in [3.05, 3.63) is 29.8 Å². The molecule has 0 bridgehead atoms. The van der Waals surface area contributed by atoms with Crippen molar-refractivity contribution in [2.24, 2.45) is 0 Å². The first-order chi connectivity index (χ1) is 9.89. The van der Waals surface area contributed by atoms with E-state index in [1.807, 2.05) is 4.90 Å². The number of halogens is 3. The maximum atomic E-state index is 12.9. The van der Waals surface area contributed by atoms with Gasteiger partial charge in [0, 0.05) is 0 Å². The zero-order valence-electron chi connectivity index (χ0n) is 11.9. The third-order valence-electron chi connectivity index (χ3n) is 3.81. The van der Waals surface area contributed by atoms with E-state index < -0.39 is 23.7 Å². The summed E-state index contributed by atoms with van der Waals surface area (Å²) in [5.41, 5.74) is -0.997. The fraction of sp³-hybridized carbons (Fsp3) is 0.533. The summed E-state index contributed by atoms with van der Waals surface area (Å²) in [5, 5.41) is 2.41. The van der Waals surface area contributed by atoms with Crippen LogP contribution in [0.5, 0.6) is 0 Å². The van der Waals surface area contributed by atoms with Crippen LogP contribution in [0.4, 0.5) is 18.9 Å². The first-order valence-corrected chi connectivity index (χ1v) is 7.11. The number of piperidine rings is 1. The number of para-hydroxylation sites is 1. The molecule has 1 aliphatic heterocycles. The Morgan fingerprint density at radius 3 is 2.43 bits per heavy atom. The van der Waals surface area contributed by atoms with E-state index in [9.17, 15) is 18.0 Å². The van der Waals surface area contributed by atoms with Gasteiger partial charge in [-0.05, 0) is 45.0 Å². The van der Waals surface area contributed by atoms with Crippen molar-refractivity contribution in [3.8, 4) is 0 Å². The number of nitrogens with one attached hydrogen (secondary N) is 1. The number of nitrogens with zero attached hydrogens (tertiary/aromatic N) is 1. The molecular weight excluding hydrogens is 281 g/mol. The maximum Gasteiger partial charge on any atom is 0.418 e. The molecule has 0 saturated carbocycles. The lowest BCUT2D eigenvalue weighted by Gasteiger charge is -2.31. The second-order valence-corrected chi connectivity index (χ2v) is 5.31. The number of carbonyl (C=O) groups is 1. The molecule has 0 radical (unpaired) electrons. The lowest BCUT2D eigenvalue weighted by Crippen LogP contribution is -2.44. The largest absolute Gasteiger partial charge is 0.418 e. The molecule has 1 heterocycles. The van der Waals surface area contributed by atoms with Crippen LogP contribution in [0, 0.1) is 0 Å². The van der Waals surface area contributed by atoms with Crippen LogP contribution < -0.4 is 5.32 Å². The lowest BCUT2D eigenvalue weighted by atomic mass is 10.1. The minimum absolute atomic E-state index is 0.182. The molecule has 1 aliphatic rings. The van der Waals surface area contributed by atoms with Crippen LogP contribution >= 0.6 is 0 Å². The Labute approximate surface area is 122 Å². The Kier molecular flexibility index (Phi) is 4.88. The second kappa shape index (κ2) is 6.47. The molecule has 2 rings (SSSR count). The molecule has 0 spiro atoms. The van der Waals surface area contributed by atoms with Crippen LogP contribution in [-0.2, 0) is 11.0 Å². The Bertz CT molecular complexity index is 496. The van der Waals surface area contributed by atoms with Gasteiger partial charge in [0.1, 0.15) is 0 Å². The van der Waals surface area contributed by atoms with E-state index in [0.717, 1.165) is 38.4 Å². The highest BCUT2D eigenvalue weighted by Crippen LogP contribution is 2.34. The quantitative estimate of drug-likeness (QED) is 0.926. The second-order valence-electron chi connectivity index (χ2n) is 5.31. The Morgan fingerprint density at radius 2 is 1.81 bits per heavy atom. The van der Waals surface area contributed by atoms with Gasteiger partial charge in [-0.15, -0.1) is 0 Å². The molecule has 1 amide bonds. The zero-order chi connectivity index (χ0) is 15.5. The number of amides is 1. The first-order valence-electron chi connectivity index (χ1n) is 7.11. The predicted octanol–water partition coefficient (Wildman–Crippen LogP) is 3.52. The molecule has 3 nitrogen and oxygen atoms in total. The summed E-state index contributed by atoms with van der Waals surface area (Å²) in [6.45, 7) is 3.36. The number of carbonyl (C=O) groups excluding carboxylic acids is 1. The van der Waals surface area contributed by atoms with E-state index in [0.29, 0.717) is 0 Å². The van der Waals surface area contributed by atoms with Gasteiger partial charge in [0.2, 0.25) is 5.91 Å². The van der Waals surface area contributed by atoms with Crippen LogP contribution in [-0.4, -0.2) is 29.9 Å². The van der Waals surface area contributed by atoms with Gasteiger partial charge in [-0.1, -0.05) is 18.6 Å². The summed E-state index contributed by atoms with van der Waals surface area (Å²) < 4.78 is 38.7. The normalized spacial score (nSPS) is 18.3. The molecule has 1 aromatic rings. The molecule has 0 aromatic heterocycles. The molecule has 1 N–H and O–H groups in total. The summed E-state index contributed by atoms with van der Waals surface area (Å²) in [7, 11) is 0. The van der Waals surface area contributed by atoms with Gasteiger partial charge in [0.15, 0.2) is 0 Å². The summed E-state index contributed by atoms with van der Waals surface area (Å²) in [6, 6.07) is 4.62. The molecule has 1 saturated heterocycles. The van der Waals surface area contributed by atoms with Crippen LogP contribution in [0.1, 0.15) is 31.7 Å². The van der Waals surface area contributed by atoms with Gasteiger partial charge in [-0.2, -0.15) is 13.2 Å². The van der Waals surface area contributed by atoms with Gasteiger partial charge >= 0.3 is 6.18 Å². The number of anilines is 1. The van der Waals surface area contributed by atoms with Crippen LogP contribution in [0.25, 0.3) is 0 Å². The lowest BCUT2D eigenvalue weighted by molar-refractivity contribution is -0.137. The Hall–Kier alpha value is -1.56. The fourth-order valence-corrected chi connectivity index (χ4v) is 2.55. The van der Waals surface area contributed by atoms with Crippen molar-refractivity contribution in [3.63, 3.8) is 0 Å². The highest BCUT2D eigenvalue weighted by molar-refractivity contribution is 5.95. The fourth-order valence-electron chi connectivity index (χ4n) is 2.55. The number of alkyl halides is 3. The van der Waals surface area contributed by atoms with E-state index in [2.05, 4.69) is 5.32 Å². The Balaban J connectivity index is 2.09. The first kappa shape index (κ1) is 15.8. The monoisotopic (exact) mass is 300 g/mol. The molecule has 116 valence electrons. The average molecular weight is 300 g/mol. The molecule has 1 unspecified atom stereocenters. The van der Waals surface area contributed by atoms with Crippen molar-refractivity contribution in [2.75, 3.05) is 18.4 Å². The van der Waals surface area contributed by atoms with Gasteiger partial charge in [-0.25, -0.2) is 0 Å². The van der Waals surface area contributed by atoms with E-state index in [1.165, 1.54) is 18.2 Å². The third-order valence-corrected chi connectivity index (χ3v) is 3.81. The maximum absolute atomic E-state index is 12.9. The summed E-state index contributed by atoms with van der Waals surface area (Å²) in [5.74, 6) is -0.395. The zero-order valence-corrected chi connectivity index (χ0v) is 11.9. The van der Waals surface area contributed by atoms with E-state index in [-0.39, 0.29) is 5.69 Å². The van der Waals surface area contributed by atoms with Gasteiger partial charge in [0.05, 0.1) is 17.3 Å². The molecule has 1 atom stereocenters. The molecule has 1 aromatic carbocycles. The molecular formula is C15H19F3N2O. The highest BCUT2D eigenvalue weighted by Gasteiger charge is 2.34. The molecule has 1 fully saturated rings. The van der Waals surface area contributed by atoms with Gasteiger partial charge < -0.3 is 5.32 Å². The summed E-state index contributed by atoms with van der Waals surface area (Å²) in [6.07, 6.45) is -1.28. The van der Waals surface area contributed by atoms with Crippen LogP contribution in [0.15, 0.2) is 24.3 Å². The van der Waals surface area contributed by atoms with Crippen LogP contribution in [0.2, 0.25) is 0 Å². The van der Waals surface area contributed by atoms with Gasteiger partial charge in [0.25, 0.3) is 0 Å². The predicted molar refractivity (Wildman–Crippen MR) is 75.0 cm³/mol. The standard InChI is InChI=1S/C15H19F3N2O/c1-11(20-9-5-2-6-10-20)14(21)19-13-8-4-3-7-12(13)15(16,17)18/h3-4,7-8,11H,2,5-6,9-10H2,1H3,(H,19,21).